The van der Waals surface area contributed by atoms with Crippen molar-refractivity contribution in [3.05, 3.63) is 40.3 Å². The van der Waals surface area contributed by atoms with Gasteiger partial charge in [-0.3, -0.25) is 0 Å². The molecule has 0 spiro atoms. The van der Waals surface area contributed by atoms with Crippen molar-refractivity contribution in [1.29, 1.82) is 0 Å². The molecule has 0 fully saturated rings. The highest BCUT2D eigenvalue weighted by Gasteiger charge is 1.99. The Morgan fingerprint density at radius 2 is 2.08 bits per heavy atom. The molecule has 0 aliphatic carbocycles. The predicted octanol–water partition coefficient (Wildman–Crippen LogP) is 2.49. The normalized spacial score (nSPS) is 11.8. The topological polar surface area (TPSA) is 26.0 Å². The molecular formula is C10H13NS. The lowest BCUT2D eigenvalue weighted by Gasteiger charge is -2.05. The lowest BCUT2D eigenvalue weighted by molar-refractivity contribution is 1.34. The van der Waals surface area contributed by atoms with Crippen molar-refractivity contribution in [3.63, 3.8) is 0 Å². The van der Waals surface area contributed by atoms with E-state index < -0.39 is 0 Å². The standard InChI is InChI=1S/C10H13NS/c1-7-3-4-9(8(2)5-7)10(11)6-12/h3-6,12H,11H2,1-2H3/b10-6-. The van der Waals surface area contributed by atoms with Gasteiger partial charge in [-0.15, -0.1) is 12.6 Å². The predicted molar refractivity (Wildman–Crippen MR) is 57.1 cm³/mol. The molecule has 0 amide bonds. The summed E-state index contributed by atoms with van der Waals surface area (Å²) in [4.78, 5) is 0. The van der Waals surface area contributed by atoms with Crippen molar-refractivity contribution in [3.8, 4) is 0 Å². The Bertz CT molecular complexity index is 316. The molecule has 0 heterocycles. The summed E-state index contributed by atoms with van der Waals surface area (Å²) in [6.07, 6.45) is 0. The molecule has 0 aromatic heterocycles. The van der Waals surface area contributed by atoms with Crippen molar-refractivity contribution < 1.29 is 0 Å². The quantitative estimate of drug-likeness (QED) is 0.636. The summed E-state index contributed by atoms with van der Waals surface area (Å²) in [5.74, 6) is 0. The fourth-order valence-electron chi connectivity index (χ4n) is 1.21. The van der Waals surface area contributed by atoms with Crippen molar-refractivity contribution >= 4 is 18.3 Å². The van der Waals surface area contributed by atoms with E-state index in [1.54, 1.807) is 5.41 Å². The maximum Gasteiger partial charge on any atom is 0.0451 e. The van der Waals surface area contributed by atoms with E-state index >= 15 is 0 Å². The largest absolute Gasteiger partial charge is 0.398 e. The first-order valence-corrected chi connectivity index (χ1v) is 4.34. The van der Waals surface area contributed by atoms with E-state index in [0.717, 1.165) is 11.3 Å². The van der Waals surface area contributed by atoms with E-state index in [2.05, 4.69) is 25.6 Å². The molecule has 2 N–H and O–H groups in total. The van der Waals surface area contributed by atoms with Crippen LogP contribution < -0.4 is 5.73 Å². The second-order valence-corrected chi connectivity index (χ2v) is 3.16. The summed E-state index contributed by atoms with van der Waals surface area (Å²) < 4.78 is 0. The van der Waals surface area contributed by atoms with Crippen LogP contribution in [0.1, 0.15) is 16.7 Å². The molecule has 1 nitrogen and oxygen atoms in total. The molecule has 0 unspecified atom stereocenters. The summed E-state index contributed by atoms with van der Waals surface area (Å²) in [7, 11) is 0. The lowest BCUT2D eigenvalue weighted by atomic mass is 10.0. The second-order valence-electron chi connectivity index (χ2n) is 2.90. The van der Waals surface area contributed by atoms with Gasteiger partial charge in [0.1, 0.15) is 0 Å². The van der Waals surface area contributed by atoms with Crippen molar-refractivity contribution in [2.24, 2.45) is 5.73 Å². The molecule has 0 radical (unpaired) electrons. The SMILES string of the molecule is Cc1ccc(/C(N)=C/S)c(C)c1. The summed E-state index contributed by atoms with van der Waals surface area (Å²) in [6, 6.07) is 6.18. The summed E-state index contributed by atoms with van der Waals surface area (Å²) in [5, 5.41) is 1.62. The van der Waals surface area contributed by atoms with E-state index in [1.807, 2.05) is 19.1 Å². The van der Waals surface area contributed by atoms with Crippen LogP contribution in [-0.2, 0) is 0 Å². The molecule has 1 aromatic rings. The molecule has 0 saturated heterocycles. The maximum absolute atomic E-state index is 5.73. The van der Waals surface area contributed by atoms with Gasteiger partial charge in [-0.1, -0.05) is 23.8 Å². The molecule has 64 valence electrons. The van der Waals surface area contributed by atoms with E-state index in [0.29, 0.717) is 0 Å². The highest BCUT2D eigenvalue weighted by Crippen LogP contribution is 2.16. The minimum absolute atomic E-state index is 0.718. The maximum atomic E-state index is 5.73. The number of rotatable bonds is 1. The zero-order valence-corrected chi connectivity index (χ0v) is 8.23. The highest BCUT2D eigenvalue weighted by molar-refractivity contribution is 7.83. The number of hydrogen-bond donors (Lipinski definition) is 2. The van der Waals surface area contributed by atoms with Crippen LogP contribution >= 0.6 is 12.6 Å². The van der Waals surface area contributed by atoms with Gasteiger partial charge < -0.3 is 5.73 Å². The van der Waals surface area contributed by atoms with Crippen LogP contribution in [-0.4, -0.2) is 0 Å². The molecule has 0 aliphatic heterocycles. The van der Waals surface area contributed by atoms with Gasteiger partial charge in [0.05, 0.1) is 0 Å². The van der Waals surface area contributed by atoms with E-state index in [4.69, 9.17) is 5.73 Å². The molecule has 1 aromatic carbocycles. The number of benzene rings is 1. The first kappa shape index (κ1) is 9.20. The average molecular weight is 179 g/mol. The smallest absolute Gasteiger partial charge is 0.0451 e. The van der Waals surface area contributed by atoms with Gasteiger partial charge in [0.15, 0.2) is 0 Å². The Morgan fingerprint density at radius 3 is 2.58 bits per heavy atom. The van der Waals surface area contributed by atoms with Gasteiger partial charge in [-0.05, 0) is 24.8 Å². The Morgan fingerprint density at radius 1 is 1.42 bits per heavy atom. The van der Waals surface area contributed by atoms with E-state index in [-0.39, 0.29) is 0 Å². The molecule has 1 rings (SSSR count). The minimum Gasteiger partial charge on any atom is -0.398 e. The molecule has 12 heavy (non-hydrogen) atoms. The molecule has 0 aliphatic rings. The molecular weight excluding hydrogens is 166 g/mol. The van der Waals surface area contributed by atoms with Gasteiger partial charge >= 0.3 is 0 Å². The second kappa shape index (κ2) is 3.68. The van der Waals surface area contributed by atoms with Gasteiger partial charge in [0.2, 0.25) is 0 Å². The summed E-state index contributed by atoms with van der Waals surface area (Å²) >= 11 is 4.01. The molecule has 0 atom stereocenters. The third kappa shape index (κ3) is 1.83. The van der Waals surface area contributed by atoms with Crippen molar-refractivity contribution in [2.75, 3.05) is 0 Å². The lowest BCUT2D eigenvalue weighted by Crippen LogP contribution is -1.97. The fraction of sp³-hybridized carbons (Fsp3) is 0.200. The van der Waals surface area contributed by atoms with Crippen LogP contribution in [0.5, 0.6) is 0 Å². The number of aryl methyl sites for hydroxylation is 2. The van der Waals surface area contributed by atoms with Crippen LogP contribution in [0.3, 0.4) is 0 Å². The third-order valence-electron chi connectivity index (χ3n) is 1.83. The molecule has 2 heteroatoms. The number of thiol groups is 1. The van der Waals surface area contributed by atoms with Crippen molar-refractivity contribution in [2.45, 2.75) is 13.8 Å². The van der Waals surface area contributed by atoms with Crippen LogP contribution in [0, 0.1) is 13.8 Å². The Balaban J connectivity index is 3.18. The number of nitrogens with two attached hydrogens (primary N) is 1. The Kier molecular flexibility index (Phi) is 2.82. The van der Waals surface area contributed by atoms with Crippen LogP contribution in [0.15, 0.2) is 23.6 Å². The Labute approximate surface area is 78.7 Å². The monoisotopic (exact) mass is 179 g/mol. The van der Waals surface area contributed by atoms with E-state index in [1.165, 1.54) is 11.1 Å². The van der Waals surface area contributed by atoms with Crippen molar-refractivity contribution in [1.82, 2.24) is 0 Å². The number of hydrogen-bond acceptors (Lipinski definition) is 2. The zero-order chi connectivity index (χ0) is 9.14. The molecule has 0 bridgehead atoms. The fourth-order valence-corrected chi connectivity index (χ4v) is 1.35. The summed E-state index contributed by atoms with van der Waals surface area (Å²) in [6.45, 7) is 4.11. The van der Waals surface area contributed by atoms with Gasteiger partial charge in [0.25, 0.3) is 0 Å². The van der Waals surface area contributed by atoms with Crippen LogP contribution in [0.25, 0.3) is 5.70 Å². The van der Waals surface area contributed by atoms with E-state index in [9.17, 15) is 0 Å². The first-order chi connectivity index (χ1) is 5.65. The van der Waals surface area contributed by atoms with Crippen LogP contribution in [0.4, 0.5) is 0 Å². The minimum atomic E-state index is 0.718. The van der Waals surface area contributed by atoms with Gasteiger partial charge in [-0.25, -0.2) is 0 Å². The van der Waals surface area contributed by atoms with Crippen LogP contribution in [0.2, 0.25) is 0 Å². The highest BCUT2D eigenvalue weighted by atomic mass is 32.1. The summed E-state index contributed by atoms with van der Waals surface area (Å²) in [5.41, 5.74) is 9.96. The average Bonchev–Trinajstić information content (AvgIpc) is 2.03. The van der Waals surface area contributed by atoms with Gasteiger partial charge in [0, 0.05) is 11.3 Å². The third-order valence-corrected chi connectivity index (χ3v) is 2.11. The first-order valence-electron chi connectivity index (χ1n) is 3.82. The molecule has 0 saturated carbocycles. The Hall–Kier alpha value is -0.890. The zero-order valence-electron chi connectivity index (χ0n) is 7.33. The van der Waals surface area contributed by atoms with Gasteiger partial charge in [-0.2, -0.15) is 0 Å².